The number of rotatable bonds is 8. The lowest BCUT2D eigenvalue weighted by molar-refractivity contribution is 0.466. The molecule has 3 heteroatoms. The summed E-state index contributed by atoms with van der Waals surface area (Å²) in [6.07, 6.45) is 10.3. The van der Waals surface area contributed by atoms with E-state index in [1.807, 2.05) is 18.2 Å². The molecule has 18 heavy (non-hydrogen) atoms. The van der Waals surface area contributed by atoms with Crippen LogP contribution in [0, 0.1) is 0 Å². The highest BCUT2D eigenvalue weighted by atomic mass is 35.5. The third-order valence-corrected chi connectivity index (χ3v) is 3.04. The predicted molar refractivity (Wildman–Crippen MR) is 84.3 cm³/mol. The third kappa shape index (κ3) is 8.66. The van der Waals surface area contributed by atoms with Crippen molar-refractivity contribution in [3.8, 4) is 5.75 Å². The maximum absolute atomic E-state index is 9.58. The molecule has 0 spiro atoms. The molecule has 0 aliphatic rings. The average Bonchev–Trinajstić information content (AvgIpc) is 2.30. The van der Waals surface area contributed by atoms with Crippen LogP contribution in [0.4, 0.5) is 0 Å². The lowest BCUT2D eigenvalue weighted by Crippen LogP contribution is -1.87. The summed E-state index contributed by atoms with van der Waals surface area (Å²) in [5, 5.41) is 9.58. The Balaban J connectivity index is 0. The summed E-state index contributed by atoms with van der Waals surface area (Å²) in [6.45, 7) is 2.25. The van der Waals surface area contributed by atoms with Crippen LogP contribution in [0.1, 0.15) is 57.4 Å². The van der Waals surface area contributed by atoms with Gasteiger partial charge in [0.1, 0.15) is 5.75 Å². The number of phenols is 1. The second kappa shape index (κ2) is 13.0. The van der Waals surface area contributed by atoms with Gasteiger partial charge < -0.3 is 5.11 Å². The Morgan fingerprint density at radius 1 is 0.833 bits per heavy atom. The first-order chi connectivity index (χ1) is 7.84. The summed E-state index contributed by atoms with van der Waals surface area (Å²) in [5.74, 6) is 0.452. The third-order valence-electron chi connectivity index (χ3n) is 3.04. The van der Waals surface area contributed by atoms with E-state index in [4.69, 9.17) is 0 Å². The van der Waals surface area contributed by atoms with Crippen molar-refractivity contribution in [3.63, 3.8) is 0 Å². The predicted octanol–water partition coefficient (Wildman–Crippen LogP) is 5.53. The maximum atomic E-state index is 9.58. The Morgan fingerprint density at radius 2 is 1.39 bits per heavy atom. The highest BCUT2D eigenvalue weighted by molar-refractivity contribution is 5.85. The van der Waals surface area contributed by atoms with Crippen molar-refractivity contribution in [1.29, 1.82) is 0 Å². The Bertz CT molecular complexity index is 290. The molecule has 0 radical (unpaired) electrons. The molecule has 0 unspecified atom stereocenters. The van der Waals surface area contributed by atoms with Crippen molar-refractivity contribution >= 4 is 24.8 Å². The molecule has 0 saturated heterocycles. The summed E-state index contributed by atoms with van der Waals surface area (Å²) in [6, 6.07) is 7.67. The number of halogens is 2. The van der Waals surface area contributed by atoms with Crippen LogP contribution in [0.5, 0.6) is 5.75 Å². The lowest BCUT2D eigenvalue weighted by Gasteiger charge is -2.04. The van der Waals surface area contributed by atoms with Gasteiger partial charge >= 0.3 is 0 Å². The van der Waals surface area contributed by atoms with Gasteiger partial charge in [-0.15, -0.1) is 24.8 Å². The van der Waals surface area contributed by atoms with E-state index in [2.05, 4.69) is 6.92 Å². The minimum atomic E-state index is 0. The second-order valence-corrected chi connectivity index (χ2v) is 4.50. The van der Waals surface area contributed by atoms with Crippen LogP contribution >= 0.6 is 24.8 Å². The summed E-state index contributed by atoms with van der Waals surface area (Å²) in [5.41, 5.74) is 1.09. The van der Waals surface area contributed by atoms with Gasteiger partial charge in [-0.25, -0.2) is 0 Å². The minimum absolute atomic E-state index is 0. The number of para-hydroxylation sites is 1. The van der Waals surface area contributed by atoms with Crippen LogP contribution in [0.15, 0.2) is 24.3 Å². The number of benzene rings is 1. The smallest absolute Gasteiger partial charge is 0.118 e. The zero-order valence-electron chi connectivity index (χ0n) is 11.2. The number of aryl methyl sites for hydroxylation is 1. The molecule has 1 nitrogen and oxygen atoms in total. The summed E-state index contributed by atoms with van der Waals surface area (Å²) in [7, 11) is 0. The van der Waals surface area contributed by atoms with Crippen LogP contribution in [-0.2, 0) is 6.42 Å². The number of aromatic hydroxyl groups is 1. The van der Waals surface area contributed by atoms with Crippen LogP contribution in [0.2, 0.25) is 0 Å². The molecule has 1 aromatic carbocycles. The molecule has 0 aliphatic heterocycles. The minimum Gasteiger partial charge on any atom is -0.508 e. The van der Waals surface area contributed by atoms with E-state index in [0.717, 1.165) is 12.0 Å². The number of hydrogen-bond donors (Lipinski definition) is 1. The maximum Gasteiger partial charge on any atom is 0.118 e. The number of phenolic OH excluding ortho intramolecular Hbond substituents is 1. The molecule has 106 valence electrons. The first-order valence-corrected chi connectivity index (χ1v) is 6.61. The molecule has 0 fully saturated rings. The van der Waals surface area contributed by atoms with Crippen molar-refractivity contribution in [1.82, 2.24) is 0 Å². The zero-order chi connectivity index (χ0) is 11.6. The van der Waals surface area contributed by atoms with Gasteiger partial charge in [0.25, 0.3) is 0 Å². The van der Waals surface area contributed by atoms with Gasteiger partial charge in [-0.2, -0.15) is 0 Å². The fourth-order valence-corrected chi connectivity index (χ4v) is 1.99. The molecule has 1 rings (SSSR count). The quantitative estimate of drug-likeness (QED) is 0.625. The van der Waals surface area contributed by atoms with Crippen LogP contribution < -0.4 is 0 Å². The van der Waals surface area contributed by atoms with E-state index >= 15 is 0 Å². The molecule has 0 heterocycles. The van der Waals surface area contributed by atoms with Crippen LogP contribution in [-0.4, -0.2) is 5.11 Å². The Morgan fingerprint density at radius 3 is 2.00 bits per heavy atom. The zero-order valence-corrected chi connectivity index (χ0v) is 12.9. The van der Waals surface area contributed by atoms with E-state index in [0.29, 0.717) is 5.75 Å². The number of hydrogen-bond acceptors (Lipinski definition) is 1. The summed E-state index contributed by atoms with van der Waals surface area (Å²) >= 11 is 0. The molecule has 1 aromatic rings. The van der Waals surface area contributed by atoms with Crippen LogP contribution in [0.3, 0.4) is 0 Å². The highest BCUT2D eigenvalue weighted by Gasteiger charge is 1.98. The highest BCUT2D eigenvalue weighted by Crippen LogP contribution is 2.18. The van der Waals surface area contributed by atoms with Crippen molar-refractivity contribution < 1.29 is 5.11 Å². The van der Waals surface area contributed by atoms with Gasteiger partial charge in [-0.1, -0.05) is 63.6 Å². The van der Waals surface area contributed by atoms with E-state index < -0.39 is 0 Å². The fraction of sp³-hybridized carbons (Fsp3) is 0.600. The monoisotopic (exact) mass is 292 g/mol. The van der Waals surface area contributed by atoms with Crippen molar-refractivity contribution in [3.05, 3.63) is 29.8 Å². The van der Waals surface area contributed by atoms with Crippen molar-refractivity contribution in [2.24, 2.45) is 0 Å². The van der Waals surface area contributed by atoms with Gasteiger partial charge in [0.15, 0.2) is 0 Å². The first-order valence-electron chi connectivity index (χ1n) is 6.61. The molecule has 0 saturated carbocycles. The summed E-state index contributed by atoms with van der Waals surface area (Å²) < 4.78 is 0. The van der Waals surface area contributed by atoms with Gasteiger partial charge in [0.2, 0.25) is 0 Å². The molecular formula is C15H26Cl2O. The van der Waals surface area contributed by atoms with Gasteiger partial charge in [-0.3, -0.25) is 0 Å². The fourth-order valence-electron chi connectivity index (χ4n) is 1.99. The Hall–Kier alpha value is -0.400. The molecule has 0 amide bonds. The Labute approximate surface area is 124 Å². The molecule has 1 N–H and O–H groups in total. The molecule has 0 bridgehead atoms. The topological polar surface area (TPSA) is 20.2 Å². The van der Waals surface area contributed by atoms with Crippen molar-refractivity contribution in [2.45, 2.75) is 58.3 Å². The molecule has 0 atom stereocenters. The van der Waals surface area contributed by atoms with E-state index in [1.54, 1.807) is 6.07 Å². The standard InChI is InChI=1S/C15H24O.2ClH/c1-2-3-4-5-6-7-8-11-14-12-9-10-13-15(14)16;;/h9-10,12-13,16H,2-8,11H2,1H3;2*1H. The Kier molecular flexibility index (Phi) is 14.4. The average molecular weight is 293 g/mol. The van der Waals surface area contributed by atoms with E-state index in [9.17, 15) is 5.11 Å². The van der Waals surface area contributed by atoms with Gasteiger partial charge in [-0.05, 0) is 24.5 Å². The second-order valence-electron chi connectivity index (χ2n) is 4.50. The van der Waals surface area contributed by atoms with Gasteiger partial charge in [0, 0.05) is 0 Å². The largest absolute Gasteiger partial charge is 0.508 e. The molecule has 0 aromatic heterocycles. The van der Waals surface area contributed by atoms with Crippen LogP contribution in [0.25, 0.3) is 0 Å². The van der Waals surface area contributed by atoms with Crippen molar-refractivity contribution in [2.75, 3.05) is 0 Å². The molecular weight excluding hydrogens is 267 g/mol. The normalized spacial score (nSPS) is 9.39. The van der Waals surface area contributed by atoms with E-state index in [1.165, 1.54) is 44.9 Å². The van der Waals surface area contributed by atoms with E-state index in [-0.39, 0.29) is 24.8 Å². The first kappa shape index (κ1) is 19.9. The number of unbranched alkanes of at least 4 members (excludes halogenated alkanes) is 6. The summed E-state index contributed by atoms with van der Waals surface area (Å²) in [4.78, 5) is 0. The molecule has 0 aliphatic carbocycles. The lowest BCUT2D eigenvalue weighted by atomic mass is 10.0. The SMILES string of the molecule is CCCCCCCCCc1ccccc1O.Cl.Cl. The van der Waals surface area contributed by atoms with Gasteiger partial charge in [0.05, 0.1) is 0 Å².